The van der Waals surface area contributed by atoms with E-state index in [1.165, 1.54) is 5.56 Å². The van der Waals surface area contributed by atoms with Crippen LogP contribution in [-0.2, 0) is 6.42 Å². The van der Waals surface area contributed by atoms with E-state index < -0.39 is 0 Å². The van der Waals surface area contributed by atoms with Gasteiger partial charge < -0.3 is 15.8 Å². The Bertz CT molecular complexity index is 338. The summed E-state index contributed by atoms with van der Waals surface area (Å²) >= 11 is 0. The van der Waals surface area contributed by atoms with Crippen LogP contribution < -0.4 is 15.8 Å². The lowest BCUT2D eigenvalue weighted by molar-refractivity contribution is 0.323. The molecular formula is C12H18N2O. The molecule has 0 spiro atoms. The molecule has 3 nitrogen and oxygen atoms in total. The average molecular weight is 206 g/mol. The Balaban J connectivity index is 2.13. The molecule has 0 bridgehead atoms. The van der Waals surface area contributed by atoms with Gasteiger partial charge in [0.15, 0.2) is 0 Å². The van der Waals surface area contributed by atoms with Gasteiger partial charge in [0.1, 0.15) is 12.4 Å². The molecule has 0 amide bonds. The first kappa shape index (κ1) is 10.3. The van der Waals surface area contributed by atoms with Crippen molar-refractivity contribution in [2.75, 3.05) is 18.5 Å². The number of hydrogen-bond acceptors (Lipinski definition) is 3. The van der Waals surface area contributed by atoms with E-state index in [9.17, 15) is 0 Å². The van der Waals surface area contributed by atoms with Crippen LogP contribution in [0.4, 0.5) is 5.69 Å². The number of ether oxygens (including phenoxy) is 1. The van der Waals surface area contributed by atoms with Crippen molar-refractivity contribution >= 4 is 5.69 Å². The predicted octanol–water partition coefficient (Wildman–Crippen LogP) is 1.77. The van der Waals surface area contributed by atoms with Gasteiger partial charge >= 0.3 is 0 Å². The first-order chi connectivity index (χ1) is 7.29. The van der Waals surface area contributed by atoms with E-state index in [-0.39, 0.29) is 6.04 Å². The van der Waals surface area contributed by atoms with E-state index in [0.717, 1.165) is 37.4 Å². The molecule has 1 atom stereocenters. The maximum absolute atomic E-state index is 5.93. The van der Waals surface area contributed by atoms with Crippen molar-refractivity contribution in [2.24, 2.45) is 5.73 Å². The lowest BCUT2D eigenvalue weighted by Gasteiger charge is -2.20. The maximum atomic E-state index is 5.93. The predicted molar refractivity (Wildman–Crippen MR) is 62.4 cm³/mol. The molecule has 2 rings (SSSR count). The lowest BCUT2D eigenvalue weighted by atomic mass is 10.0. The van der Waals surface area contributed by atoms with E-state index in [4.69, 9.17) is 10.5 Å². The number of fused-ring (bicyclic) bond motifs is 1. The van der Waals surface area contributed by atoms with Crippen molar-refractivity contribution < 1.29 is 4.74 Å². The molecule has 3 heteroatoms. The van der Waals surface area contributed by atoms with Crippen molar-refractivity contribution in [1.82, 2.24) is 0 Å². The molecule has 1 unspecified atom stereocenters. The van der Waals surface area contributed by atoms with Gasteiger partial charge in [0.05, 0.1) is 5.69 Å². The van der Waals surface area contributed by atoms with Gasteiger partial charge in [0.25, 0.3) is 0 Å². The molecule has 0 saturated heterocycles. The summed E-state index contributed by atoms with van der Waals surface area (Å²) in [6.07, 6.45) is 1.95. The Morgan fingerprint density at radius 1 is 1.53 bits per heavy atom. The summed E-state index contributed by atoms with van der Waals surface area (Å²) < 4.78 is 5.52. The third-order valence-corrected chi connectivity index (χ3v) is 2.74. The van der Waals surface area contributed by atoms with Crippen LogP contribution in [0.15, 0.2) is 18.2 Å². The first-order valence-electron chi connectivity index (χ1n) is 5.54. The Morgan fingerprint density at radius 2 is 2.40 bits per heavy atom. The molecule has 1 aromatic rings. The Labute approximate surface area is 90.6 Å². The van der Waals surface area contributed by atoms with Gasteiger partial charge in [-0.3, -0.25) is 0 Å². The Morgan fingerprint density at radius 3 is 3.20 bits per heavy atom. The molecule has 1 aliphatic rings. The summed E-state index contributed by atoms with van der Waals surface area (Å²) in [4.78, 5) is 0. The zero-order chi connectivity index (χ0) is 10.7. The summed E-state index contributed by atoms with van der Waals surface area (Å²) in [7, 11) is 0. The normalized spacial score (nSPS) is 16.1. The highest BCUT2D eigenvalue weighted by Gasteiger charge is 2.10. The van der Waals surface area contributed by atoms with Crippen LogP contribution in [0.25, 0.3) is 0 Å². The minimum atomic E-state index is 0.257. The minimum absolute atomic E-state index is 0.257. The fourth-order valence-electron chi connectivity index (χ4n) is 1.76. The first-order valence-corrected chi connectivity index (χ1v) is 5.54. The van der Waals surface area contributed by atoms with Gasteiger partial charge in [-0.1, -0.05) is 13.0 Å². The molecule has 0 radical (unpaired) electrons. The molecule has 1 aromatic carbocycles. The molecule has 0 fully saturated rings. The van der Waals surface area contributed by atoms with Crippen molar-refractivity contribution in [3.63, 3.8) is 0 Å². The third-order valence-electron chi connectivity index (χ3n) is 2.74. The lowest BCUT2D eigenvalue weighted by Crippen LogP contribution is -2.22. The molecule has 1 aliphatic heterocycles. The molecule has 1 heterocycles. The van der Waals surface area contributed by atoms with E-state index in [2.05, 4.69) is 24.4 Å². The van der Waals surface area contributed by atoms with Gasteiger partial charge in [-0.05, 0) is 30.5 Å². The zero-order valence-corrected chi connectivity index (χ0v) is 9.12. The minimum Gasteiger partial charge on any atom is -0.490 e. The summed E-state index contributed by atoms with van der Waals surface area (Å²) in [5.74, 6) is 0.954. The van der Waals surface area contributed by atoms with E-state index in [0.29, 0.717) is 0 Å². The summed E-state index contributed by atoms with van der Waals surface area (Å²) in [6, 6.07) is 6.53. The second-order valence-corrected chi connectivity index (χ2v) is 3.98. The largest absolute Gasteiger partial charge is 0.490 e. The highest BCUT2D eigenvalue weighted by atomic mass is 16.5. The second kappa shape index (κ2) is 4.53. The fourth-order valence-corrected chi connectivity index (χ4v) is 1.76. The summed E-state index contributed by atoms with van der Waals surface area (Å²) in [6.45, 7) is 3.75. The Kier molecular flexibility index (Phi) is 3.11. The van der Waals surface area contributed by atoms with Gasteiger partial charge in [-0.2, -0.15) is 0 Å². The summed E-state index contributed by atoms with van der Waals surface area (Å²) in [5, 5.41) is 3.33. The van der Waals surface area contributed by atoms with Crippen molar-refractivity contribution in [2.45, 2.75) is 25.8 Å². The standard InChI is InChI=1S/C12H18N2O/c1-2-10(13)7-9-3-4-12-11(8-9)14-5-6-15-12/h3-4,8,10,14H,2,5-7,13H2,1H3. The quantitative estimate of drug-likeness (QED) is 0.792. The molecule has 82 valence electrons. The highest BCUT2D eigenvalue weighted by molar-refractivity contribution is 5.59. The molecule has 3 N–H and O–H groups in total. The van der Waals surface area contributed by atoms with Gasteiger partial charge in [0.2, 0.25) is 0 Å². The van der Waals surface area contributed by atoms with Gasteiger partial charge in [-0.25, -0.2) is 0 Å². The maximum Gasteiger partial charge on any atom is 0.142 e. The molecule has 0 saturated carbocycles. The number of nitrogens with two attached hydrogens (primary N) is 1. The van der Waals surface area contributed by atoms with Crippen LogP contribution in [-0.4, -0.2) is 19.2 Å². The van der Waals surface area contributed by atoms with Crippen LogP contribution in [0.5, 0.6) is 5.75 Å². The number of rotatable bonds is 3. The number of benzene rings is 1. The fraction of sp³-hybridized carbons (Fsp3) is 0.500. The van der Waals surface area contributed by atoms with Crippen LogP contribution in [0.1, 0.15) is 18.9 Å². The Hall–Kier alpha value is -1.22. The number of nitrogens with one attached hydrogen (secondary N) is 1. The number of hydrogen-bond donors (Lipinski definition) is 2. The number of anilines is 1. The van der Waals surface area contributed by atoms with Crippen LogP contribution in [0.3, 0.4) is 0 Å². The van der Waals surface area contributed by atoms with Crippen molar-refractivity contribution in [3.8, 4) is 5.75 Å². The second-order valence-electron chi connectivity index (χ2n) is 3.98. The SMILES string of the molecule is CCC(N)Cc1ccc2c(c1)NCCO2. The van der Waals surface area contributed by atoms with E-state index in [1.807, 2.05) is 6.07 Å². The van der Waals surface area contributed by atoms with Crippen molar-refractivity contribution in [3.05, 3.63) is 23.8 Å². The molecule has 0 aromatic heterocycles. The van der Waals surface area contributed by atoms with Gasteiger partial charge in [0, 0.05) is 12.6 Å². The van der Waals surface area contributed by atoms with E-state index in [1.54, 1.807) is 0 Å². The highest BCUT2D eigenvalue weighted by Crippen LogP contribution is 2.28. The third kappa shape index (κ3) is 2.42. The topological polar surface area (TPSA) is 47.3 Å². The van der Waals surface area contributed by atoms with Gasteiger partial charge in [-0.15, -0.1) is 0 Å². The van der Waals surface area contributed by atoms with E-state index >= 15 is 0 Å². The zero-order valence-electron chi connectivity index (χ0n) is 9.12. The average Bonchev–Trinajstić information content (AvgIpc) is 2.29. The monoisotopic (exact) mass is 206 g/mol. The van der Waals surface area contributed by atoms with Crippen molar-refractivity contribution in [1.29, 1.82) is 0 Å². The van der Waals surface area contributed by atoms with Crippen LogP contribution >= 0.6 is 0 Å². The van der Waals surface area contributed by atoms with Crippen LogP contribution in [0.2, 0.25) is 0 Å². The summed E-state index contributed by atoms with van der Waals surface area (Å²) in [5.41, 5.74) is 8.31. The van der Waals surface area contributed by atoms with Crippen LogP contribution in [0, 0.1) is 0 Å². The smallest absolute Gasteiger partial charge is 0.142 e. The molecule has 15 heavy (non-hydrogen) atoms. The molecule has 0 aliphatic carbocycles. The molecular weight excluding hydrogens is 188 g/mol.